The van der Waals surface area contributed by atoms with E-state index >= 15 is 0 Å². The molecule has 1 amide bonds. The molecule has 0 aliphatic carbocycles. The lowest BCUT2D eigenvalue weighted by molar-refractivity contribution is -0.0124. The Morgan fingerprint density at radius 1 is 1.41 bits per heavy atom. The topological polar surface area (TPSA) is 115 Å². The summed E-state index contributed by atoms with van der Waals surface area (Å²) in [5.74, 6) is 1.07. The molecule has 0 spiro atoms. The summed E-state index contributed by atoms with van der Waals surface area (Å²) >= 11 is 0. The van der Waals surface area contributed by atoms with Gasteiger partial charge in [0, 0.05) is 37.5 Å². The molecule has 166 valence electrons. The number of nitrogens with zero attached hydrogens (tertiary/aromatic N) is 3. The molecule has 1 saturated heterocycles. The molecule has 4 rings (SSSR count). The van der Waals surface area contributed by atoms with Gasteiger partial charge >= 0.3 is 0 Å². The molecule has 0 radical (unpaired) electrons. The highest BCUT2D eigenvalue weighted by Crippen LogP contribution is 2.33. The van der Waals surface area contributed by atoms with Crippen molar-refractivity contribution in [3.63, 3.8) is 0 Å². The van der Waals surface area contributed by atoms with E-state index in [1.165, 1.54) is 0 Å². The summed E-state index contributed by atoms with van der Waals surface area (Å²) in [4.78, 5) is 22.4. The second kappa shape index (κ2) is 9.16. The number of carbonyl (C=O) groups excluding carboxylic acids is 1. The van der Waals surface area contributed by atoms with Crippen LogP contribution in [0.15, 0.2) is 30.5 Å². The van der Waals surface area contributed by atoms with Crippen molar-refractivity contribution in [1.29, 1.82) is 5.26 Å². The normalized spacial score (nSPS) is 15.9. The van der Waals surface area contributed by atoms with E-state index in [9.17, 15) is 10.1 Å². The lowest BCUT2D eigenvalue weighted by Crippen LogP contribution is -2.44. The van der Waals surface area contributed by atoms with Crippen molar-refractivity contribution in [2.24, 2.45) is 0 Å². The predicted octanol–water partition coefficient (Wildman–Crippen LogP) is 3.48. The van der Waals surface area contributed by atoms with Crippen LogP contribution in [0, 0.1) is 11.3 Å². The van der Waals surface area contributed by atoms with Crippen molar-refractivity contribution in [3.8, 4) is 11.8 Å². The van der Waals surface area contributed by atoms with Gasteiger partial charge < -0.3 is 30.0 Å². The molecule has 3 aromatic rings. The van der Waals surface area contributed by atoms with Crippen molar-refractivity contribution in [2.75, 3.05) is 44.0 Å². The van der Waals surface area contributed by atoms with Crippen LogP contribution in [0.5, 0.6) is 5.75 Å². The molecular formula is C23H26N6O3. The zero-order chi connectivity index (χ0) is 22.7. The van der Waals surface area contributed by atoms with Crippen LogP contribution in [0.2, 0.25) is 0 Å². The first-order valence-electron chi connectivity index (χ1n) is 10.6. The number of hydrogen-bond acceptors (Lipinski definition) is 7. The molecule has 3 N–H and O–H groups in total. The van der Waals surface area contributed by atoms with Crippen molar-refractivity contribution >= 4 is 34.1 Å². The van der Waals surface area contributed by atoms with E-state index < -0.39 is 0 Å². The molecule has 0 unspecified atom stereocenters. The van der Waals surface area contributed by atoms with Gasteiger partial charge in [0.25, 0.3) is 5.91 Å². The number of hydrogen-bond donors (Lipinski definition) is 3. The molecule has 0 saturated carbocycles. The van der Waals surface area contributed by atoms with E-state index in [0.717, 1.165) is 11.1 Å². The minimum absolute atomic E-state index is 0.0250. The second-order valence-corrected chi connectivity index (χ2v) is 7.60. The number of benzene rings is 1. The summed E-state index contributed by atoms with van der Waals surface area (Å²) < 4.78 is 11.1. The van der Waals surface area contributed by atoms with E-state index in [1.807, 2.05) is 26.0 Å². The Bertz CT molecular complexity index is 1180. The summed E-state index contributed by atoms with van der Waals surface area (Å²) in [6, 6.07) is 9.36. The highest BCUT2D eigenvalue weighted by Gasteiger charge is 2.23. The first-order chi connectivity index (χ1) is 15.5. The minimum Gasteiger partial charge on any atom is -0.495 e. The van der Waals surface area contributed by atoms with E-state index in [1.54, 1.807) is 30.3 Å². The number of anilines is 3. The number of rotatable bonds is 6. The van der Waals surface area contributed by atoms with E-state index in [2.05, 4.69) is 26.7 Å². The van der Waals surface area contributed by atoms with Gasteiger partial charge in [0.2, 0.25) is 0 Å². The Hall–Kier alpha value is -3.77. The Balaban J connectivity index is 1.62. The average molecular weight is 435 g/mol. The number of nitriles is 1. The number of aromatic nitrogens is 2. The molecule has 2 aromatic heterocycles. The fraction of sp³-hybridized carbons (Fsp3) is 0.348. The van der Waals surface area contributed by atoms with Crippen molar-refractivity contribution in [3.05, 3.63) is 41.6 Å². The number of pyridine rings is 1. The lowest BCUT2D eigenvalue weighted by atomic mass is 10.1. The largest absolute Gasteiger partial charge is 0.495 e. The SMILES string of the molecule is CCNc1cc(Nc2ccc(C(=O)N3CCO[C@@H](C)C3)cc2OC)nc2[nH]cc(C#N)c12. The number of H-pyrrole nitrogens is 1. The van der Waals surface area contributed by atoms with Crippen LogP contribution in [0.3, 0.4) is 0 Å². The fourth-order valence-corrected chi connectivity index (χ4v) is 3.87. The molecule has 1 aliphatic heterocycles. The third-order valence-corrected chi connectivity index (χ3v) is 5.37. The molecule has 1 atom stereocenters. The zero-order valence-corrected chi connectivity index (χ0v) is 18.4. The third-order valence-electron chi connectivity index (χ3n) is 5.37. The van der Waals surface area contributed by atoms with E-state index in [-0.39, 0.29) is 12.0 Å². The maximum atomic E-state index is 12.9. The Labute approximate surface area is 186 Å². The molecule has 9 heteroatoms. The summed E-state index contributed by atoms with van der Waals surface area (Å²) in [7, 11) is 1.57. The first-order valence-corrected chi connectivity index (χ1v) is 10.6. The van der Waals surface area contributed by atoms with Gasteiger partial charge in [-0.15, -0.1) is 0 Å². The Morgan fingerprint density at radius 2 is 2.25 bits per heavy atom. The van der Waals surface area contributed by atoms with E-state index in [4.69, 9.17) is 9.47 Å². The second-order valence-electron chi connectivity index (χ2n) is 7.60. The van der Waals surface area contributed by atoms with Gasteiger partial charge in [-0.2, -0.15) is 5.26 Å². The zero-order valence-electron chi connectivity index (χ0n) is 18.4. The van der Waals surface area contributed by atoms with Crippen LogP contribution >= 0.6 is 0 Å². The Morgan fingerprint density at radius 3 is 2.97 bits per heavy atom. The number of nitrogens with one attached hydrogen (secondary N) is 3. The number of aromatic amines is 1. The smallest absolute Gasteiger partial charge is 0.254 e. The first kappa shape index (κ1) is 21.5. The Kier molecular flexibility index (Phi) is 6.14. The van der Waals surface area contributed by atoms with Crippen LogP contribution < -0.4 is 15.4 Å². The van der Waals surface area contributed by atoms with Gasteiger partial charge in [-0.3, -0.25) is 4.79 Å². The van der Waals surface area contributed by atoms with Crippen molar-refractivity contribution in [1.82, 2.24) is 14.9 Å². The van der Waals surface area contributed by atoms with Crippen LogP contribution in [-0.2, 0) is 4.74 Å². The summed E-state index contributed by atoms with van der Waals surface area (Å²) in [6.45, 7) is 6.34. The molecule has 32 heavy (non-hydrogen) atoms. The highest BCUT2D eigenvalue weighted by molar-refractivity contribution is 5.97. The van der Waals surface area contributed by atoms with Gasteiger partial charge in [0.1, 0.15) is 23.3 Å². The molecule has 1 fully saturated rings. The van der Waals surface area contributed by atoms with E-state index in [0.29, 0.717) is 60.3 Å². The van der Waals surface area contributed by atoms with Crippen LogP contribution in [0.1, 0.15) is 29.8 Å². The fourth-order valence-electron chi connectivity index (χ4n) is 3.87. The van der Waals surface area contributed by atoms with Crippen molar-refractivity contribution < 1.29 is 14.3 Å². The summed E-state index contributed by atoms with van der Waals surface area (Å²) in [5.41, 5.74) is 3.19. The third kappa shape index (κ3) is 4.18. The molecular weight excluding hydrogens is 408 g/mol. The molecule has 0 bridgehead atoms. The lowest BCUT2D eigenvalue weighted by Gasteiger charge is -2.31. The molecule has 3 heterocycles. The van der Waals surface area contributed by atoms with Gasteiger partial charge in [0.15, 0.2) is 0 Å². The summed E-state index contributed by atoms with van der Waals surface area (Å²) in [5, 5.41) is 16.7. The molecule has 1 aliphatic rings. The number of ether oxygens (including phenoxy) is 2. The predicted molar refractivity (Wildman–Crippen MR) is 123 cm³/mol. The number of carbonyl (C=O) groups is 1. The number of methoxy groups -OCH3 is 1. The number of amides is 1. The van der Waals surface area contributed by atoms with Gasteiger partial charge in [-0.05, 0) is 32.0 Å². The van der Waals surface area contributed by atoms with Gasteiger partial charge in [-0.25, -0.2) is 4.98 Å². The summed E-state index contributed by atoms with van der Waals surface area (Å²) in [6.07, 6.45) is 1.67. The monoisotopic (exact) mass is 434 g/mol. The highest BCUT2D eigenvalue weighted by atomic mass is 16.5. The maximum Gasteiger partial charge on any atom is 0.254 e. The quantitative estimate of drug-likeness (QED) is 0.544. The van der Waals surface area contributed by atoms with Crippen LogP contribution in [0.4, 0.5) is 17.2 Å². The van der Waals surface area contributed by atoms with Crippen molar-refractivity contribution in [2.45, 2.75) is 20.0 Å². The molecule has 1 aromatic carbocycles. The average Bonchev–Trinajstić information content (AvgIpc) is 3.22. The van der Waals surface area contributed by atoms with Gasteiger partial charge in [-0.1, -0.05) is 0 Å². The number of morpholine rings is 1. The van der Waals surface area contributed by atoms with Gasteiger partial charge in [0.05, 0.1) is 42.1 Å². The van der Waals surface area contributed by atoms with Crippen LogP contribution in [-0.4, -0.2) is 60.2 Å². The maximum absolute atomic E-state index is 12.9. The van der Waals surface area contributed by atoms with Crippen LogP contribution in [0.25, 0.3) is 11.0 Å². The standard InChI is InChI=1S/C23H26N6O3/c1-4-25-18-10-20(28-22-21(18)16(11-24)12-26-22)27-17-6-5-15(9-19(17)31-3)23(30)29-7-8-32-14(2)13-29/h5-6,9-10,12,14H,4,7-8,13H2,1-3H3,(H3,25,26,27,28)/t14-/m0/s1. The molecule has 9 nitrogen and oxygen atoms in total. The number of fused-ring (bicyclic) bond motifs is 1. The minimum atomic E-state index is -0.0469.